The summed E-state index contributed by atoms with van der Waals surface area (Å²) in [6, 6.07) is -1.45. The van der Waals surface area contributed by atoms with Crippen LogP contribution in [0.15, 0.2) is 9.59 Å². The van der Waals surface area contributed by atoms with Gasteiger partial charge in [0.15, 0.2) is 11.6 Å². The number of anilines is 1. The smallest absolute Gasteiger partial charge is 0.329 e. The van der Waals surface area contributed by atoms with Crippen LogP contribution in [0.2, 0.25) is 0 Å². The number of rotatable bonds is 4. The van der Waals surface area contributed by atoms with Gasteiger partial charge in [0.2, 0.25) is 0 Å². The number of phenols is 1. The van der Waals surface area contributed by atoms with Crippen molar-refractivity contribution in [2.75, 3.05) is 18.0 Å². The monoisotopic (exact) mass is 398 g/mol. The number of fused-ring (bicyclic) bond motifs is 1. The topological polar surface area (TPSA) is 104 Å². The lowest BCUT2D eigenvalue weighted by atomic mass is 10.0. The first-order valence-corrected chi connectivity index (χ1v) is 9.20. The van der Waals surface area contributed by atoms with Gasteiger partial charge in [-0.2, -0.15) is 0 Å². The van der Waals surface area contributed by atoms with Gasteiger partial charge < -0.3 is 15.7 Å². The van der Waals surface area contributed by atoms with Crippen molar-refractivity contribution in [2.45, 2.75) is 44.7 Å². The van der Waals surface area contributed by atoms with E-state index in [1.54, 1.807) is 11.8 Å². The lowest BCUT2D eigenvalue weighted by Gasteiger charge is -2.25. The van der Waals surface area contributed by atoms with Crippen molar-refractivity contribution in [2.24, 2.45) is 11.7 Å². The second-order valence-electron chi connectivity index (χ2n) is 7.63. The van der Waals surface area contributed by atoms with E-state index in [1.165, 1.54) is 4.57 Å². The molecule has 1 aliphatic heterocycles. The summed E-state index contributed by atoms with van der Waals surface area (Å²) in [5, 5.41) is 10.1. The first kappa shape index (κ1) is 18.9. The van der Waals surface area contributed by atoms with E-state index >= 15 is 4.39 Å². The number of aromatic hydroxyl groups is 1. The Labute approximate surface area is 157 Å². The van der Waals surface area contributed by atoms with Crippen LogP contribution in [0.3, 0.4) is 0 Å². The molecule has 152 valence electrons. The van der Waals surface area contributed by atoms with Crippen molar-refractivity contribution < 1.29 is 18.3 Å². The minimum absolute atomic E-state index is 0.0216. The Morgan fingerprint density at radius 3 is 2.54 bits per heavy atom. The van der Waals surface area contributed by atoms with E-state index < -0.39 is 41.2 Å². The number of aromatic amines is 1. The molecule has 1 saturated heterocycles. The molecule has 0 radical (unpaired) electrons. The number of hydrogen-bond acceptors (Lipinski definition) is 5. The van der Waals surface area contributed by atoms with E-state index in [4.69, 9.17) is 5.73 Å². The molecule has 2 aliphatic rings. The maximum absolute atomic E-state index is 15.0. The fourth-order valence-corrected chi connectivity index (χ4v) is 4.20. The number of nitrogens with zero attached hydrogens (tertiary/aromatic N) is 2. The molecule has 28 heavy (non-hydrogen) atoms. The van der Waals surface area contributed by atoms with E-state index in [9.17, 15) is 23.5 Å². The van der Waals surface area contributed by atoms with Crippen LogP contribution >= 0.6 is 0 Å². The molecule has 2 unspecified atom stereocenters. The van der Waals surface area contributed by atoms with Gasteiger partial charge in [-0.05, 0) is 32.1 Å². The van der Waals surface area contributed by atoms with Crippen LogP contribution in [0, 0.1) is 18.7 Å². The number of nitrogens with one attached hydrogen (secondary N) is 1. The number of aryl methyl sites for hydroxylation is 1. The first-order valence-electron chi connectivity index (χ1n) is 9.20. The molecule has 2 fully saturated rings. The highest BCUT2D eigenvalue weighted by atomic mass is 19.3. The van der Waals surface area contributed by atoms with E-state index in [0.717, 1.165) is 12.8 Å². The molecule has 0 spiro atoms. The molecule has 1 aromatic carbocycles. The molecule has 7 nitrogen and oxygen atoms in total. The molecule has 4 N–H and O–H groups in total. The summed E-state index contributed by atoms with van der Waals surface area (Å²) in [7, 11) is 0. The SMILES string of the molecule is Cc1c(N2CCC(C(N)C(F)F)C2)c(F)c(O)c2c(=O)[nH]c(=O)n(C3CC3)c12. The minimum atomic E-state index is -2.68. The normalized spacial score (nSPS) is 21.1. The van der Waals surface area contributed by atoms with Gasteiger partial charge in [-0.25, -0.2) is 18.0 Å². The van der Waals surface area contributed by atoms with E-state index in [2.05, 4.69) is 4.98 Å². The van der Waals surface area contributed by atoms with Crippen LogP contribution in [0.4, 0.5) is 18.9 Å². The summed E-state index contributed by atoms with van der Waals surface area (Å²) in [4.78, 5) is 28.3. The zero-order chi connectivity index (χ0) is 20.3. The number of alkyl halides is 2. The Kier molecular flexibility index (Phi) is 4.40. The fraction of sp³-hybridized carbons (Fsp3) is 0.556. The first-order chi connectivity index (χ1) is 13.2. The molecule has 0 bridgehead atoms. The largest absolute Gasteiger partial charge is 0.504 e. The van der Waals surface area contributed by atoms with Gasteiger partial charge in [0, 0.05) is 24.7 Å². The van der Waals surface area contributed by atoms with Crippen molar-refractivity contribution in [1.82, 2.24) is 9.55 Å². The Balaban J connectivity index is 1.90. The predicted octanol–water partition coefficient (Wildman–Crippen LogP) is 1.60. The highest BCUT2D eigenvalue weighted by Crippen LogP contribution is 2.42. The van der Waals surface area contributed by atoms with Gasteiger partial charge in [0.25, 0.3) is 12.0 Å². The van der Waals surface area contributed by atoms with Crippen molar-refractivity contribution in [1.29, 1.82) is 0 Å². The third-order valence-corrected chi connectivity index (χ3v) is 5.80. The van der Waals surface area contributed by atoms with Gasteiger partial charge in [-0.15, -0.1) is 0 Å². The summed E-state index contributed by atoms with van der Waals surface area (Å²) in [5.41, 5.74) is 4.62. The third-order valence-electron chi connectivity index (χ3n) is 5.80. The van der Waals surface area contributed by atoms with Crippen molar-refractivity contribution in [3.63, 3.8) is 0 Å². The number of H-pyrrole nitrogens is 1. The van der Waals surface area contributed by atoms with Crippen LogP contribution in [0.1, 0.15) is 30.9 Å². The van der Waals surface area contributed by atoms with Gasteiger partial charge in [-0.3, -0.25) is 14.3 Å². The fourth-order valence-electron chi connectivity index (χ4n) is 4.20. The highest BCUT2D eigenvalue weighted by Gasteiger charge is 2.36. The standard InChI is InChI=1S/C18H21F3N4O3/c1-7-13-10(17(27)23-18(28)25(13)9-2-3-9)15(26)11(19)14(7)24-5-4-8(6-24)12(22)16(20)21/h8-9,12,16,26H,2-6,22H2,1H3,(H,23,27,28). The lowest BCUT2D eigenvalue weighted by Crippen LogP contribution is -2.38. The second kappa shape index (κ2) is 6.54. The molecule has 10 heteroatoms. The summed E-state index contributed by atoms with van der Waals surface area (Å²) in [6.07, 6.45) is -0.848. The maximum atomic E-state index is 15.0. The zero-order valence-electron chi connectivity index (χ0n) is 15.2. The third kappa shape index (κ3) is 2.78. The van der Waals surface area contributed by atoms with Crippen molar-refractivity contribution >= 4 is 16.6 Å². The van der Waals surface area contributed by atoms with Crippen LogP contribution < -0.4 is 21.9 Å². The Morgan fingerprint density at radius 1 is 1.25 bits per heavy atom. The number of aromatic nitrogens is 2. The highest BCUT2D eigenvalue weighted by molar-refractivity contribution is 5.92. The summed E-state index contributed by atoms with van der Waals surface area (Å²) in [6.45, 7) is 1.95. The second-order valence-corrected chi connectivity index (χ2v) is 7.63. The van der Waals surface area contributed by atoms with Crippen LogP contribution in [0.25, 0.3) is 10.9 Å². The molecular weight excluding hydrogens is 377 g/mol. The van der Waals surface area contributed by atoms with Gasteiger partial charge >= 0.3 is 5.69 Å². The molecule has 2 aromatic rings. The van der Waals surface area contributed by atoms with Crippen LogP contribution in [-0.2, 0) is 0 Å². The summed E-state index contributed by atoms with van der Waals surface area (Å²) >= 11 is 0. The quantitative estimate of drug-likeness (QED) is 0.726. The molecule has 4 rings (SSSR count). The van der Waals surface area contributed by atoms with Crippen molar-refractivity contribution in [3.05, 3.63) is 32.2 Å². The number of benzene rings is 1. The molecule has 1 aliphatic carbocycles. The Morgan fingerprint density at radius 2 is 1.93 bits per heavy atom. The molecule has 1 saturated carbocycles. The minimum Gasteiger partial charge on any atom is -0.504 e. The molecule has 2 atom stereocenters. The van der Waals surface area contributed by atoms with Gasteiger partial charge in [0.1, 0.15) is 5.39 Å². The number of hydrogen-bond donors (Lipinski definition) is 3. The Hall–Kier alpha value is -2.49. The average molecular weight is 398 g/mol. The molecular formula is C18H21F3N4O3. The van der Waals surface area contributed by atoms with E-state index in [0.29, 0.717) is 12.0 Å². The maximum Gasteiger partial charge on any atom is 0.329 e. The van der Waals surface area contributed by atoms with Gasteiger partial charge in [0.05, 0.1) is 17.2 Å². The average Bonchev–Trinajstić information content (AvgIpc) is 3.35. The number of phenolic OH excluding ortho intramolecular Hbond substituents is 1. The molecule has 1 aromatic heterocycles. The number of nitrogens with two attached hydrogens (primary N) is 1. The van der Waals surface area contributed by atoms with Crippen LogP contribution in [-0.4, -0.2) is 40.2 Å². The zero-order valence-corrected chi connectivity index (χ0v) is 15.2. The molecule has 2 heterocycles. The van der Waals surface area contributed by atoms with E-state index in [1.807, 2.05) is 0 Å². The van der Waals surface area contributed by atoms with E-state index in [-0.39, 0.29) is 35.7 Å². The summed E-state index contributed by atoms with van der Waals surface area (Å²) in [5.74, 6) is -2.36. The summed E-state index contributed by atoms with van der Waals surface area (Å²) < 4.78 is 42.3. The Bertz CT molecular complexity index is 1060. The van der Waals surface area contributed by atoms with Crippen molar-refractivity contribution in [3.8, 4) is 5.75 Å². The van der Waals surface area contributed by atoms with Crippen LogP contribution in [0.5, 0.6) is 5.75 Å². The predicted molar refractivity (Wildman–Crippen MR) is 97.8 cm³/mol. The molecule has 0 amide bonds. The van der Waals surface area contributed by atoms with Gasteiger partial charge in [-0.1, -0.05) is 0 Å². The lowest BCUT2D eigenvalue weighted by molar-refractivity contribution is 0.0929. The number of halogens is 3.